The standard InChI is InChI=1S/C18H21ClN2O3S/c1-12-9-16(17(24-3)11-15(12)19)21(13(2)22)7-6-20-18(23)10-14-5-4-8-25-14/h4-5,8-9,11H,6-7,10H2,1-3H3,(H,20,23). The molecule has 1 N–H and O–H groups in total. The number of nitrogens with zero attached hydrogens (tertiary/aromatic N) is 1. The lowest BCUT2D eigenvalue weighted by atomic mass is 10.2. The summed E-state index contributed by atoms with van der Waals surface area (Å²) in [7, 11) is 1.53. The summed E-state index contributed by atoms with van der Waals surface area (Å²) < 4.78 is 5.35. The van der Waals surface area contributed by atoms with Gasteiger partial charge in [0.05, 0.1) is 19.2 Å². The van der Waals surface area contributed by atoms with Crippen LogP contribution in [-0.4, -0.2) is 32.0 Å². The zero-order chi connectivity index (χ0) is 18.4. The van der Waals surface area contributed by atoms with E-state index < -0.39 is 0 Å². The van der Waals surface area contributed by atoms with Gasteiger partial charge in [-0.25, -0.2) is 0 Å². The summed E-state index contributed by atoms with van der Waals surface area (Å²) in [5, 5.41) is 5.36. The van der Waals surface area contributed by atoms with Gasteiger partial charge in [-0.15, -0.1) is 11.3 Å². The number of nitrogens with one attached hydrogen (secondary N) is 1. The fraction of sp³-hybridized carbons (Fsp3) is 0.333. The van der Waals surface area contributed by atoms with Gasteiger partial charge in [0.1, 0.15) is 5.75 Å². The fourth-order valence-corrected chi connectivity index (χ4v) is 3.27. The number of thiophene rings is 1. The molecule has 0 unspecified atom stereocenters. The van der Waals surface area contributed by atoms with Crippen LogP contribution in [0.25, 0.3) is 0 Å². The Hall–Kier alpha value is -2.05. The molecule has 0 spiro atoms. The lowest BCUT2D eigenvalue weighted by Crippen LogP contribution is -2.38. The van der Waals surface area contributed by atoms with Crippen molar-refractivity contribution in [3.63, 3.8) is 0 Å². The van der Waals surface area contributed by atoms with E-state index in [4.69, 9.17) is 16.3 Å². The number of carbonyl (C=O) groups excluding carboxylic acids is 2. The van der Waals surface area contributed by atoms with Crippen LogP contribution in [0.15, 0.2) is 29.6 Å². The van der Waals surface area contributed by atoms with Crippen LogP contribution in [0.5, 0.6) is 5.75 Å². The molecule has 2 amide bonds. The minimum absolute atomic E-state index is 0.0646. The molecular formula is C18H21ClN2O3S. The largest absolute Gasteiger partial charge is 0.495 e. The summed E-state index contributed by atoms with van der Waals surface area (Å²) in [5.74, 6) is 0.327. The molecule has 0 fully saturated rings. The summed E-state index contributed by atoms with van der Waals surface area (Å²) in [6, 6.07) is 7.35. The molecule has 0 atom stereocenters. The van der Waals surface area contributed by atoms with Crippen molar-refractivity contribution < 1.29 is 14.3 Å². The Bertz CT molecular complexity index is 747. The monoisotopic (exact) mass is 380 g/mol. The van der Waals surface area contributed by atoms with Crippen molar-refractivity contribution in [3.05, 3.63) is 45.1 Å². The first-order valence-electron chi connectivity index (χ1n) is 7.83. The average Bonchev–Trinajstić information content (AvgIpc) is 3.06. The number of amides is 2. The predicted octanol–water partition coefficient (Wildman–Crippen LogP) is 3.43. The number of aryl methyl sites for hydroxylation is 1. The highest BCUT2D eigenvalue weighted by Gasteiger charge is 2.18. The lowest BCUT2D eigenvalue weighted by Gasteiger charge is -2.24. The molecule has 5 nitrogen and oxygen atoms in total. The number of ether oxygens (including phenoxy) is 1. The zero-order valence-electron chi connectivity index (χ0n) is 14.5. The third-order valence-corrected chi connectivity index (χ3v) is 4.99. The van der Waals surface area contributed by atoms with E-state index >= 15 is 0 Å². The Morgan fingerprint density at radius 3 is 2.72 bits per heavy atom. The molecule has 0 aliphatic carbocycles. The molecule has 0 aliphatic rings. The Kier molecular flexibility index (Phi) is 6.84. The second-order valence-electron chi connectivity index (χ2n) is 5.55. The summed E-state index contributed by atoms with van der Waals surface area (Å²) in [6.07, 6.45) is 0.348. The van der Waals surface area contributed by atoms with Gasteiger partial charge >= 0.3 is 0 Å². The summed E-state index contributed by atoms with van der Waals surface area (Å²) in [4.78, 5) is 26.6. The van der Waals surface area contributed by atoms with E-state index in [-0.39, 0.29) is 11.8 Å². The maximum absolute atomic E-state index is 12.1. The number of anilines is 1. The SMILES string of the molecule is COc1cc(Cl)c(C)cc1N(CCNC(=O)Cc1cccs1)C(C)=O. The average molecular weight is 381 g/mol. The van der Waals surface area contributed by atoms with Crippen LogP contribution >= 0.6 is 22.9 Å². The zero-order valence-corrected chi connectivity index (χ0v) is 16.0. The van der Waals surface area contributed by atoms with Gasteiger partial charge in [0, 0.05) is 36.0 Å². The predicted molar refractivity (Wildman–Crippen MR) is 102 cm³/mol. The molecule has 2 aromatic rings. The molecule has 25 heavy (non-hydrogen) atoms. The van der Waals surface area contributed by atoms with Crippen molar-refractivity contribution in [2.75, 3.05) is 25.1 Å². The lowest BCUT2D eigenvalue weighted by molar-refractivity contribution is -0.120. The van der Waals surface area contributed by atoms with Crippen LogP contribution in [0.2, 0.25) is 5.02 Å². The highest BCUT2D eigenvalue weighted by Crippen LogP contribution is 2.33. The van der Waals surface area contributed by atoms with Gasteiger partial charge in [-0.2, -0.15) is 0 Å². The van der Waals surface area contributed by atoms with Crippen molar-refractivity contribution in [2.24, 2.45) is 0 Å². The molecule has 2 rings (SSSR count). The van der Waals surface area contributed by atoms with Crippen LogP contribution in [0.1, 0.15) is 17.4 Å². The third-order valence-electron chi connectivity index (χ3n) is 3.70. The van der Waals surface area contributed by atoms with Crippen LogP contribution in [0.4, 0.5) is 5.69 Å². The van der Waals surface area contributed by atoms with Crippen molar-refractivity contribution >= 4 is 40.4 Å². The summed E-state index contributed by atoms with van der Waals surface area (Å²) in [6.45, 7) is 4.06. The number of hydrogen-bond donors (Lipinski definition) is 1. The van der Waals surface area contributed by atoms with Crippen LogP contribution in [0, 0.1) is 6.92 Å². The maximum Gasteiger partial charge on any atom is 0.225 e. The molecule has 1 heterocycles. The first-order chi connectivity index (χ1) is 11.9. The smallest absolute Gasteiger partial charge is 0.225 e. The van der Waals surface area contributed by atoms with Gasteiger partial charge in [0.15, 0.2) is 0 Å². The quantitative estimate of drug-likeness (QED) is 0.800. The van der Waals surface area contributed by atoms with Gasteiger partial charge in [0.2, 0.25) is 11.8 Å². The molecule has 0 saturated carbocycles. The molecule has 0 saturated heterocycles. The van der Waals surface area contributed by atoms with Crippen molar-refractivity contribution in [1.82, 2.24) is 5.32 Å². The summed E-state index contributed by atoms with van der Waals surface area (Å²) in [5.41, 5.74) is 1.50. The first-order valence-corrected chi connectivity index (χ1v) is 9.09. The molecule has 1 aromatic heterocycles. The van der Waals surface area contributed by atoms with E-state index in [0.717, 1.165) is 10.4 Å². The summed E-state index contributed by atoms with van der Waals surface area (Å²) >= 11 is 7.67. The minimum atomic E-state index is -0.132. The second-order valence-corrected chi connectivity index (χ2v) is 6.99. The van der Waals surface area contributed by atoms with E-state index in [0.29, 0.717) is 36.0 Å². The van der Waals surface area contributed by atoms with Crippen molar-refractivity contribution in [2.45, 2.75) is 20.3 Å². The van der Waals surface area contributed by atoms with E-state index in [1.807, 2.05) is 30.5 Å². The number of rotatable bonds is 7. The molecule has 0 bridgehead atoms. The van der Waals surface area contributed by atoms with Crippen LogP contribution in [-0.2, 0) is 16.0 Å². The van der Waals surface area contributed by atoms with E-state index in [9.17, 15) is 9.59 Å². The minimum Gasteiger partial charge on any atom is -0.495 e. The van der Waals surface area contributed by atoms with Crippen LogP contribution < -0.4 is 15.0 Å². The Balaban J connectivity index is 2.03. The maximum atomic E-state index is 12.1. The van der Waals surface area contributed by atoms with Gasteiger partial charge in [-0.05, 0) is 30.0 Å². The van der Waals surface area contributed by atoms with Crippen molar-refractivity contribution in [3.8, 4) is 5.75 Å². The molecule has 134 valence electrons. The van der Waals surface area contributed by atoms with Gasteiger partial charge in [0.25, 0.3) is 0 Å². The first kappa shape index (κ1) is 19.3. The van der Waals surface area contributed by atoms with E-state index in [1.54, 1.807) is 22.3 Å². The van der Waals surface area contributed by atoms with Gasteiger partial charge in [-0.3, -0.25) is 9.59 Å². The molecular weight excluding hydrogens is 360 g/mol. The number of halogens is 1. The topological polar surface area (TPSA) is 58.6 Å². The highest BCUT2D eigenvalue weighted by molar-refractivity contribution is 7.10. The van der Waals surface area contributed by atoms with E-state index in [1.165, 1.54) is 14.0 Å². The normalized spacial score (nSPS) is 10.4. The van der Waals surface area contributed by atoms with E-state index in [2.05, 4.69) is 5.32 Å². The second kappa shape index (κ2) is 8.87. The Morgan fingerprint density at radius 1 is 1.36 bits per heavy atom. The fourth-order valence-electron chi connectivity index (χ4n) is 2.41. The Labute approximate surface area is 156 Å². The third kappa shape index (κ3) is 5.21. The van der Waals surface area contributed by atoms with Gasteiger partial charge < -0.3 is 15.0 Å². The number of carbonyl (C=O) groups is 2. The Morgan fingerprint density at radius 2 is 2.12 bits per heavy atom. The molecule has 0 radical (unpaired) electrons. The van der Waals surface area contributed by atoms with Crippen molar-refractivity contribution in [1.29, 1.82) is 0 Å². The molecule has 0 aliphatic heterocycles. The highest BCUT2D eigenvalue weighted by atomic mass is 35.5. The number of hydrogen-bond acceptors (Lipinski definition) is 4. The number of methoxy groups -OCH3 is 1. The molecule has 1 aromatic carbocycles. The van der Waals surface area contributed by atoms with Crippen LogP contribution in [0.3, 0.4) is 0 Å². The molecule has 7 heteroatoms. The number of benzene rings is 1. The van der Waals surface area contributed by atoms with Gasteiger partial charge in [-0.1, -0.05) is 17.7 Å².